The Labute approximate surface area is 140 Å². The van der Waals surface area contributed by atoms with Gasteiger partial charge < -0.3 is 10.1 Å². The molecule has 0 amide bonds. The van der Waals surface area contributed by atoms with Gasteiger partial charge in [0.15, 0.2) is 0 Å². The SMILES string of the molecule is CCC(C)Oc1nc(Nc2ccccc2Br)ncc1C(F)(F)F. The first kappa shape index (κ1) is 17.5. The number of benzene rings is 1. The number of nitrogens with zero attached hydrogens (tertiary/aromatic N) is 2. The number of aromatic nitrogens is 2. The van der Waals surface area contributed by atoms with Gasteiger partial charge in [-0.25, -0.2) is 4.98 Å². The van der Waals surface area contributed by atoms with Crippen molar-refractivity contribution < 1.29 is 17.9 Å². The third kappa shape index (κ3) is 4.57. The van der Waals surface area contributed by atoms with Crippen molar-refractivity contribution in [3.05, 3.63) is 40.5 Å². The minimum atomic E-state index is -4.57. The van der Waals surface area contributed by atoms with E-state index in [1.807, 2.05) is 13.0 Å². The second-order valence-corrected chi connectivity index (χ2v) is 5.71. The van der Waals surface area contributed by atoms with Crippen molar-refractivity contribution in [1.82, 2.24) is 9.97 Å². The van der Waals surface area contributed by atoms with E-state index in [1.165, 1.54) is 0 Å². The normalized spacial score (nSPS) is 12.8. The van der Waals surface area contributed by atoms with Crippen LogP contribution in [0.15, 0.2) is 34.9 Å². The first-order valence-electron chi connectivity index (χ1n) is 6.93. The molecule has 0 aliphatic rings. The van der Waals surface area contributed by atoms with Crippen LogP contribution in [0, 0.1) is 0 Å². The van der Waals surface area contributed by atoms with Gasteiger partial charge in [0.25, 0.3) is 0 Å². The second kappa shape index (κ2) is 7.16. The van der Waals surface area contributed by atoms with Gasteiger partial charge >= 0.3 is 6.18 Å². The molecule has 0 saturated carbocycles. The number of hydrogen-bond donors (Lipinski definition) is 1. The maximum Gasteiger partial charge on any atom is 0.423 e. The molecule has 124 valence electrons. The Morgan fingerprint density at radius 1 is 1.30 bits per heavy atom. The highest BCUT2D eigenvalue weighted by Gasteiger charge is 2.36. The first-order valence-corrected chi connectivity index (χ1v) is 7.73. The van der Waals surface area contributed by atoms with Crippen molar-refractivity contribution in [2.75, 3.05) is 5.32 Å². The van der Waals surface area contributed by atoms with Crippen molar-refractivity contribution in [2.45, 2.75) is 32.5 Å². The van der Waals surface area contributed by atoms with E-state index in [4.69, 9.17) is 4.74 Å². The number of anilines is 2. The molecule has 4 nitrogen and oxygen atoms in total. The molecule has 0 saturated heterocycles. The Kier molecular flexibility index (Phi) is 5.46. The summed E-state index contributed by atoms with van der Waals surface area (Å²) < 4.78 is 45.2. The summed E-state index contributed by atoms with van der Waals surface area (Å²) in [5.41, 5.74) is -0.350. The molecule has 0 spiro atoms. The molecule has 0 aliphatic heterocycles. The highest BCUT2D eigenvalue weighted by Crippen LogP contribution is 2.36. The van der Waals surface area contributed by atoms with Gasteiger partial charge in [-0.3, -0.25) is 0 Å². The first-order chi connectivity index (χ1) is 10.8. The molecule has 1 N–H and O–H groups in total. The minimum Gasteiger partial charge on any atom is -0.474 e. The highest BCUT2D eigenvalue weighted by molar-refractivity contribution is 9.10. The highest BCUT2D eigenvalue weighted by atomic mass is 79.9. The lowest BCUT2D eigenvalue weighted by Gasteiger charge is -2.17. The van der Waals surface area contributed by atoms with Crippen molar-refractivity contribution in [2.24, 2.45) is 0 Å². The summed E-state index contributed by atoms with van der Waals surface area (Å²) in [6, 6.07) is 7.15. The summed E-state index contributed by atoms with van der Waals surface area (Å²) in [6.45, 7) is 3.50. The average molecular weight is 390 g/mol. The van der Waals surface area contributed by atoms with Crippen LogP contribution in [0.2, 0.25) is 0 Å². The monoisotopic (exact) mass is 389 g/mol. The number of ether oxygens (including phenoxy) is 1. The van der Waals surface area contributed by atoms with Gasteiger partial charge in [-0.2, -0.15) is 18.2 Å². The fraction of sp³-hybridized carbons (Fsp3) is 0.333. The fourth-order valence-electron chi connectivity index (χ4n) is 1.67. The van der Waals surface area contributed by atoms with Crippen molar-refractivity contribution in [3.63, 3.8) is 0 Å². The predicted molar refractivity (Wildman–Crippen MR) is 84.8 cm³/mol. The molecule has 1 unspecified atom stereocenters. The van der Waals surface area contributed by atoms with Crippen molar-refractivity contribution in [3.8, 4) is 5.88 Å². The summed E-state index contributed by atoms with van der Waals surface area (Å²) in [5, 5.41) is 2.87. The molecule has 1 aromatic heterocycles. The zero-order valence-electron chi connectivity index (χ0n) is 12.5. The predicted octanol–water partition coefficient (Wildman–Crippen LogP) is 5.18. The Morgan fingerprint density at radius 2 is 2.00 bits per heavy atom. The van der Waals surface area contributed by atoms with Crippen LogP contribution in [0.4, 0.5) is 24.8 Å². The van der Waals surface area contributed by atoms with E-state index in [2.05, 4.69) is 31.2 Å². The van der Waals surface area contributed by atoms with Crippen molar-refractivity contribution in [1.29, 1.82) is 0 Å². The molecule has 0 fully saturated rings. The maximum absolute atomic E-state index is 13.0. The molecule has 2 rings (SSSR count). The lowest BCUT2D eigenvalue weighted by molar-refractivity contribution is -0.139. The lowest BCUT2D eigenvalue weighted by Crippen LogP contribution is -2.17. The van der Waals surface area contributed by atoms with Crippen LogP contribution in [-0.2, 0) is 6.18 Å². The Hall–Kier alpha value is -1.83. The smallest absolute Gasteiger partial charge is 0.423 e. The summed E-state index contributed by atoms with van der Waals surface area (Å²) in [4.78, 5) is 7.61. The summed E-state index contributed by atoms with van der Waals surface area (Å²) in [5.74, 6) is -0.445. The number of nitrogens with one attached hydrogen (secondary N) is 1. The van der Waals surface area contributed by atoms with E-state index in [9.17, 15) is 13.2 Å². The summed E-state index contributed by atoms with van der Waals surface area (Å²) >= 11 is 3.34. The standard InChI is InChI=1S/C15H15BrF3N3O/c1-3-9(2)23-13-10(15(17,18)19)8-20-14(22-13)21-12-7-5-4-6-11(12)16/h4-9H,3H2,1-2H3,(H,20,21,22). The molecule has 1 heterocycles. The third-order valence-electron chi connectivity index (χ3n) is 3.07. The molecule has 23 heavy (non-hydrogen) atoms. The Bertz CT molecular complexity index is 679. The van der Waals surface area contributed by atoms with Gasteiger partial charge in [-0.15, -0.1) is 0 Å². The van der Waals surface area contributed by atoms with Gasteiger partial charge in [-0.05, 0) is 41.4 Å². The number of hydrogen-bond acceptors (Lipinski definition) is 4. The van der Waals surface area contributed by atoms with E-state index >= 15 is 0 Å². The topological polar surface area (TPSA) is 47.0 Å². The zero-order chi connectivity index (χ0) is 17.0. The van der Waals surface area contributed by atoms with Gasteiger partial charge in [0.2, 0.25) is 11.8 Å². The van der Waals surface area contributed by atoms with Crippen LogP contribution in [0.3, 0.4) is 0 Å². The summed E-state index contributed by atoms with van der Waals surface area (Å²) in [6.07, 6.45) is -3.67. The van der Waals surface area contributed by atoms with Crippen LogP contribution in [0.5, 0.6) is 5.88 Å². The van der Waals surface area contributed by atoms with Gasteiger partial charge in [0.1, 0.15) is 5.56 Å². The number of halogens is 4. The van der Waals surface area contributed by atoms with Crippen molar-refractivity contribution >= 4 is 27.6 Å². The van der Waals surface area contributed by atoms with E-state index in [0.29, 0.717) is 12.1 Å². The van der Waals surface area contributed by atoms with Crippen LogP contribution in [0.1, 0.15) is 25.8 Å². The van der Waals surface area contributed by atoms with E-state index in [1.54, 1.807) is 25.1 Å². The van der Waals surface area contributed by atoms with Gasteiger partial charge in [-0.1, -0.05) is 19.1 Å². The number of para-hydroxylation sites is 1. The zero-order valence-corrected chi connectivity index (χ0v) is 14.1. The average Bonchev–Trinajstić information content (AvgIpc) is 2.48. The van der Waals surface area contributed by atoms with E-state index in [-0.39, 0.29) is 12.1 Å². The fourth-order valence-corrected chi connectivity index (χ4v) is 2.05. The van der Waals surface area contributed by atoms with E-state index in [0.717, 1.165) is 10.7 Å². The molecule has 1 atom stereocenters. The molecule has 0 bridgehead atoms. The largest absolute Gasteiger partial charge is 0.474 e. The molecule has 0 radical (unpaired) electrons. The van der Waals surface area contributed by atoms with Gasteiger partial charge in [0, 0.05) is 10.7 Å². The van der Waals surface area contributed by atoms with E-state index < -0.39 is 17.6 Å². The maximum atomic E-state index is 13.0. The second-order valence-electron chi connectivity index (χ2n) is 4.85. The molecule has 2 aromatic rings. The Balaban J connectivity index is 2.35. The molecule has 8 heteroatoms. The minimum absolute atomic E-state index is 0.0307. The number of alkyl halides is 3. The molecular weight excluding hydrogens is 375 g/mol. The number of rotatable bonds is 5. The van der Waals surface area contributed by atoms with Crippen LogP contribution < -0.4 is 10.1 Å². The lowest BCUT2D eigenvalue weighted by atomic mass is 10.3. The quantitative estimate of drug-likeness (QED) is 0.765. The third-order valence-corrected chi connectivity index (χ3v) is 3.76. The van der Waals surface area contributed by atoms with Crippen LogP contribution in [0.25, 0.3) is 0 Å². The molecule has 1 aromatic carbocycles. The molecular formula is C15H15BrF3N3O. The Morgan fingerprint density at radius 3 is 2.61 bits per heavy atom. The van der Waals surface area contributed by atoms with Gasteiger partial charge in [0.05, 0.1) is 11.8 Å². The van der Waals surface area contributed by atoms with Crippen LogP contribution in [-0.4, -0.2) is 16.1 Å². The summed E-state index contributed by atoms with van der Waals surface area (Å²) in [7, 11) is 0. The van der Waals surface area contributed by atoms with Crippen LogP contribution >= 0.6 is 15.9 Å². The molecule has 0 aliphatic carbocycles.